The predicted molar refractivity (Wildman–Crippen MR) is 143 cm³/mol. The number of fused-ring (bicyclic) bond motifs is 1. The van der Waals surface area contributed by atoms with Gasteiger partial charge in [-0.1, -0.05) is 35.9 Å². The number of hydrogen-bond donors (Lipinski definition) is 0. The van der Waals surface area contributed by atoms with Crippen LogP contribution in [0.3, 0.4) is 0 Å². The Morgan fingerprint density at radius 1 is 1.00 bits per heavy atom. The van der Waals surface area contributed by atoms with Crippen LogP contribution in [0.1, 0.15) is 20.9 Å². The minimum Gasteiger partial charge on any atom is -0.497 e. The Labute approximate surface area is 213 Å². The molecule has 5 rings (SSSR count). The normalized spacial score (nSPS) is 12.4. The van der Waals surface area contributed by atoms with E-state index in [4.69, 9.17) is 16.3 Å². The number of carbonyl (C=O) groups excluding carboxylic acids is 1. The van der Waals surface area contributed by atoms with Gasteiger partial charge in [0.05, 0.1) is 28.4 Å². The van der Waals surface area contributed by atoms with E-state index < -0.39 is 0 Å². The van der Waals surface area contributed by atoms with Gasteiger partial charge in [-0.3, -0.25) is 14.2 Å². The first kappa shape index (κ1) is 23.2. The summed E-state index contributed by atoms with van der Waals surface area (Å²) in [4.78, 5) is 31.1. The molecule has 3 aromatic carbocycles. The van der Waals surface area contributed by atoms with Crippen molar-refractivity contribution in [3.05, 3.63) is 114 Å². The molecule has 35 heavy (non-hydrogen) atoms. The van der Waals surface area contributed by atoms with Gasteiger partial charge in [0.1, 0.15) is 15.4 Å². The van der Waals surface area contributed by atoms with Gasteiger partial charge in [0.2, 0.25) is 0 Å². The predicted octanol–water partition coefficient (Wildman–Crippen LogP) is 4.72. The summed E-state index contributed by atoms with van der Waals surface area (Å²) in [6, 6.07) is 22.0. The van der Waals surface area contributed by atoms with Gasteiger partial charge >= 0.3 is 0 Å². The largest absolute Gasteiger partial charge is 0.497 e. The molecule has 0 bridgehead atoms. The second kappa shape index (κ2) is 10.00. The lowest BCUT2D eigenvalue weighted by Gasteiger charge is -2.02. The lowest BCUT2D eigenvalue weighted by atomic mass is 10.1. The van der Waals surface area contributed by atoms with Crippen molar-refractivity contribution >= 4 is 62.4 Å². The Morgan fingerprint density at radius 3 is 2.46 bits per heavy atom. The number of ether oxygens (including phenoxy) is 1. The van der Waals surface area contributed by atoms with Crippen molar-refractivity contribution in [3.63, 3.8) is 0 Å². The maximum atomic E-state index is 13.4. The van der Waals surface area contributed by atoms with Gasteiger partial charge in [-0.25, -0.2) is 4.98 Å². The van der Waals surface area contributed by atoms with Crippen LogP contribution in [0, 0.1) is 0 Å². The lowest BCUT2D eigenvalue weighted by Crippen LogP contribution is -2.34. The molecular weight excluding hydrogens is 500 g/mol. The summed E-state index contributed by atoms with van der Waals surface area (Å²) >= 11 is 8.84. The zero-order chi connectivity index (χ0) is 24.4. The van der Waals surface area contributed by atoms with E-state index in [1.165, 1.54) is 15.9 Å². The summed E-state index contributed by atoms with van der Waals surface area (Å²) in [5, 5.41) is 1.33. The number of thiazole rings is 2. The molecule has 8 heteroatoms. The van der Waals surface area contributed by atoms with Crippen LogP contribution in [-0.4, -0.2) is 22.4 Å². The molecule has 0 radical (unpaired) electrons. The number of Topliss-reactive ketones (excluding diaryl/α,β-unsaturated/α-hetero) is 1. The molecule has 0 unspecified atom stereocenters. The average molecular weight is 519 g/mol. The molecule has 5 nitrogen and oxygen atoms in total. The van der Waals surface area contributed by atoms with Crippen molar-refractivity contribution in [2.45, 2.75) is 6.54 Å². The molecule has 2 heterocycles. The Hall–Kier alpha value is -3.52. The van der Waals surface area contributed by atoms with Crippen LogP contribution in [0.25, 0.3) is 22.4 Å². The summed E-state index contributed by atoms with van der Waals surface area (Å²) in [6.45, 7) is -0.0792. The first-order chi connectivity index (χ1) is 17.0. The molecular formula is C27H19ClN2O3S2. The third-order valence-electron chi connectivity index (χ3n) is 5.38. The maximum absolute atomic E-state index is 13.4. The van der Waals surface area contributed by atoms with Crippen molar-refractivity contribution in [1.29, 1.82) is 0 Å². The van der Waals surface area contributed by atoms with Crippen molar-refractivity contribution in [1.82, 2.24) is 9.55 Å². The van der Waals surface area contributed by atoms with Crippen molar-refractivity contribution < 1.29 is 9.53 Å². The molecule has 174 valence electrons. The molecule has 0 saturated carbocycles. The Bertz CT molecular complexity index is 1670. The van der Waals surface area contributed by atoms with E-state index in [0.717, 1.165) is 26.5 Å². The average Bonchev–Trinajstić information content (AvgIpc) is 3.41. The molecule has 0 atom stereocenters. The van der Waals surface area contributed by atoms with Gasteiger partial charge in [-0.05, 0) is 60.2 Å². The molecule has 0 aliphatic carbocycles. The van der Waals surface area contributed by atoms with E-state index in [2.05, 4.69) is 4.98 Å². The van der Waals surface area contributed by atoms with Gasteiger partial charge in [0, 0.05) is 16.7 Å². The lowest BCUT2D eigenvalue weighted by molar-refractivity contribution is 0.0970. The van der Waals surface area contributed by atoms with Gasteiger partial charge in [0.15, 0.2) is 5.78 Å². The molecule has 2 aromatic heterocycles. The summed E-state index contributed by atoms with van der Waals surface area (Å²) in [7, 11) is 1.61. The Morgan fingerprint density at radius 2 is 1.74 bits per heavy atom. The van der Waals surface area contributed by atoms with Crippen molar-refractivity contribution in [3.8, 4) is 5.75 Å². The first-order valence-corrected chi connectivity index (χ1v) is 12.7. The molecule has 0 N–H and O–H groups in total. The van der Waals surface area contributed by atoms with E-state index in [1.807, 2.05) is 60.7 Å². The third kappa shape index (κ3) is 5.12. The number of methoxy groups -OCH3 is 1. The third-order valence-corrected chi connectivity index (χ3v) is 7.67. The van der Waals surface area contributed by atoms with E-state index in [9.17, 15) is 9.59 Å². The highest BCUT2D eigenvalue weighted by molar-refractivity contribution is 7.19. The fraction of sp³-hybridized carbons (Fsp3) is 0.0741. The highest BCUT2D eigenvalue weighted by Gasteiger charge is 2.13. The van der Waals surface area contributed by atoms with Crippen LogP contribution < -0.4 is 19.5 Å². The van der Waals surface area contributed by atoms with Crippen LogP contribution in [0.15, 0.2) is 77.6 Å². The number of halogens is 1. The highest BCUT2D eigenvalue weighted by atomic mass is 35.5. The summed E-state index contributed by atoms with van der Waals surface area (Å²) in [5.74, 6) is 0.570. The molecule has 0 amide bonds. The summed E-state index contributed by atoms with van der Waals surface area (Å²) in [6.07, 6.45) is 3.70. The first-order valence-electron chi connectivity index (χ1n) is 10.7. The van der Waals surface area contributed by atoms with E-state index in [1.54, 1.807) is 42.7 Å². The van der Waals surface area contributed by atoms with Crippen LogP contribution in [0.5, 0.6) is 5.75 Å². The molecule has 0 aliphatic heterocycles. The second-order valence-electron chi connectivity index (χ2n) is 7.71. The number of rotatable bonds is 6. The standard InChI is InChI=1S/C27H19ClN2O3S2/c1-33-20-12-6-17(7-13-20)14-24-27(32)30(16-22(31)18-8-10-19(28)11-9-18)26(35-24)15-25-29-21-4-2-3-5-23(21)34-25/h2-15H,16H2,1H3/b24-14+,26-15-. The summed E-state index contributed by atoms with van der Waals surface area (Å²) < 4.78 is 8.99. The van der Waals surface area contributed by atoms with Crippen molar-refractivity contribution in [2.75, 3.05) is 7.11 Å². The fourth-order valence-electron chi connectivity index (χ4n) is 3.57. The minimum absolute atomic E-state index is 0.0792. The van der Waals surface area contributed by atoms with Gasteiger partial charge in [0.25, 0.3) is 5.56 Å². The second-order valence-corrected chi connectivity index (χ2v) is 10.3. The van der Waals surface area contributed by atoms with Gasteiger partial charge in [-0.2, -0.15) is 0 Å². The van der Waals surface area contributed by atoms with Gasteiger partial charge in [-0.15, -0.1) is 22.7 Å². The fourth-order valence-corrected chi connectivity index (χ4v) is 5.72. The van der Waals surface area contributed by atoms with Crippen LogP contribution in [0.2, 0.25) is 5.02 Å². The molecule has 0 aliphatic rings. The van der Waals surface area contributed by atoms with Crippen molar-refractivity contribution in [2.24, 2.45) is 0 Å². The van der Waals surface area contributed by atoms with E-state index in [0.29, 0.717) is 19.8 Å². The number of benzene rings is 3. The summed E-state index contributed by atoms with van der Waals surface area (Å²) in [5.41, 5.74) is 2.04. The minimum atomic E-state index is -0.222. The number of carbonyl (C=O) groups is 1. The number of ketones is 1. The number of nitrogens with zero attached hydrogens (tertiary/aromatic N) is 2. The molecule has 5 aromatic rings. The number of para-hydroxylation sites is 1. The number of aromatic nitrogens is 2. The molecule has 0 saturated heterocycles. The zero-order valence-electron chi connectivity index (χ0n) is 18.6. The zero-order valence-corrected chi connectivity index (χ0v) is 21.0. The van der Waals surface area contributed by atoms with Crippen LogP contribution in [0.4, 0.5) is 0 Å². The highest BCUT2D eigenvalue weighted by Crippen LogP contribution is 2.21. The van der Waals surface area contributed by atoms with Crippen LogP contribution >= 0.6 is 34.3 Å². The number of hydrogen-bond acceptors (Lipinski definition) is 6. The Balaban J connectivity index is 1.62. The molecule has 0 fully saturated rings. The monoisotopic (exact) mass is 518 g/mol. The van der Waals surface area contributed by atoms with E-state index >= 15 is 0 Å². The Kier molecular flexibility index (Phi) is 6.63. The maximum Gasteiger partial charge on any atom is 0.269 e. The SMILES string of the molecule is COc1ccc(/C=c2/s/c(=C\c3nc4ccccc4s3)n(CC(=O)c3ccc(Cl)cc3)c2=O)cc1. The smallest absolute Gasteiger partial charge is 0.269 e. The van der Waals surface area contributed by atoms with E-state index in [-0.39, 0.29) is 17.9 Å². The topological polar surface area (TPSA) is 61.2 Å². The molecule has 0 spiro atoms. The van der Waals surface area contributed by atoms with Crippen LogP contribution in [-0.2, 0) is 6.54 Å². The van der Waals surface area contributed by atoms with Gasteiger partial charge < -0.3 is 4.74 Å². The quantitative estimate of drug-likeness (QED) is 0.305.